The number of unbranched alkanes of at least 4 members (excludes halogenated alkanes) is 6. The van der Waals surface area contributed by atoms with Crippen LogP contribution in [0.3, 0.4) is 0 Å². The number of fused-ring (bicyclic) bond motifs is 1. The molecule has 0 radical (unpaired) electrons. The molecule has 3 rings (SSSR count). The second-order valence-corrected chi connectivity index (χ2v) is 12.0. The fourth-order valence-corrected chi connectivity index (χ4v) is 6.28. The van der Waals surface area contributed by atoms with E-state index >= 15 is 0 Å². The lowest BCUT2D eigenvalue weighted by atomic mass is 9.77. The van der Waals surface area contributed by atoms with Gasteiger partial charge in [0.15, 0.2) is 0 Å². The Hall–Kier alpha value is -2.36. The van der Waals surface area contributed by atoms with E-state index in [1.165, 1.54) is 0 Å². The average molecular weight is 577 g/mol. The van der Waals surface area contributed by atoms with E-state index in [0.29, 0.717) is 24.5 Å². The third-order valence-electron chi connectivity index (χ3n) is 7.29. The maximum atomic E-state index is 12.9. The minimum Gasteiger partial charge on any atom is -0.508 e. The van der Waals surface area contributed by atoms with Gasteiger partial charge >= 0.3 is 12.1 Å². The largest absolute Gasteiger partial charge is 0.508 e. The first-order valence-electron chi connectivity index (χ1n) is 13.5. The van der Waals surface area contributed by atoms with Crippen LogP contribution in [-0.2, 0) is 10.8 Å². The zero-order valence-electron chi connectivity index (χ0n) is 21.9. The third-order valence-corrected chi connectivity index (χ3v) is 8.77. The van der Waals surface area contributed by atoms with Gasteiger partial charge in [0, 0.05) is 40.7 Å². The fraction of sp³-hybridized carbons (Fsp3) is 0.586. The highest BCUT2D eigenvalue weighted by molar-refractivity contribution is 7.84. The Balaban J connectivity index is 1.34. The average Bonchev–Trinajstić information content (AvgIpc) is 2.87. The molecule has 39 heavy (non-hydrogen) atoms. The van der Waals surface area contributed by atoms with E-state index < -0.39 is 35.7 Å². The van der Waals surface area contributed by atoms with E-state index in [2.05, 4.69) is 0 Å². The molecule has 0 aliphatic carbocycles. The molecule has 4 nitrogen and oxygen atoms in total. The lowest BCUT2D eigenvalue weighted by Gasteiger charge is -2.34. The van der Waals surface area contributed by atoms with Crippen molar-refractivity contribution < 1.29 is 41.1 Å². The van der Waals surface area contributed by atoms with Gasteiger partial charge in [-0.1, -0.05) is 56.7 Å². The molecule has 0 saturated carbocycles. The summed E-state index contributed by atoms with van der Waals surface area (Å²) >= 11 is 0. The van der Waals surface area contributed by atoms with E-state index in [-0.39, 0.29) is 29.1 Å². The minimum absolute atomic E-state index is 0.133. The summed E-state index contributed by atoms with van der Waals surface area (Å²) < 4.78 is 80.2. The number of hydrogen-bond acceptors (Lipinski definition) is 4. The quantitative estimate of drug-likeness (QED) is 0.166. The highest BCUT2D eigenvalue weighted by Gasteiger charge is 2.56. The van der Waals surface area contributed by atoms with Crippen molar-refractivity contribution in [1.29, 1.82) is 0 Å². The normalized spacial score (nSPS) is 18.4. The van der Waals surface area contributed by atoms with Crippen molar-refractivity contribution in [1.82, 2.24) is 0 Å². The minimum atomic E-state index is -5.55. The molecule has 0 bridgehead atoms. The lowest BCUT2D eigenvalue weighted by Crippen LogP contribution is -2.36. The van der Waals surface area contributed by atoms with Crippen LogP contribution in [0.4, 0.5) is 22.0 Å². The summed E-state index contributed by atoms with van der Waals surface area (Å²) in [5.41, 5.74) is 2.18. The number of aromatic hydroxyl groups is 2. The van der Waals surface area contributed by atoms with Crippen molar-refractivity contribution >= 4 is 10.8 Å². The Morgan fingerprint density at radius 1 is 0.795 bits per heavy atom. The van der Waals surface area contributed by atoms with Crippen molar-refractivity contribution in [3.63, 3.8) is 0 Å². The highest BCUT2D eigenvalue weighted by atomic mass is 32.2. The second-order valence-electron chi connectivity index (χ2n) is 10.3. The van der Waals surface area contributed by atoms with Crippen molar-refractivity contribution in [3.8, 4) is 17.2 Å². The zero-order valence-corrected chi connectivity index (χ0v) is 22.7. The van der Waals surface area contributed by atoms with Gasteiger partial charge in [-0.05, 0) is 54.5 Å². The number of alkyl halides is 5. The number of hydrogen-bond donors (Lipinski definition) is 2. The molecule has 218 valence electrons. The third kappa shape index (κ3) is 9.36. The molecule has 0 spiro atoms. The van der Waals surface area contributed by atoms with Crippen LogP contribution >= 0.6 is 0 Å². The zero-order chi connectivity index (χ0) is 28.5. The number of rotatable bonds is 15. The number of benzene rings is 2. The summed E-state index contributed by atoms with van der Waals surface area (Å²) in [5.74, 6) is -3.06. The predicted octanol–water partition coefficient (Wildman–Crippen LogP) is 8.20. The molecule has 10 heteroatoms. The summed E-state index contributed by atoms with van der Waals surface area (Å²) in [4.78, 5) is 0. The number of phenolic OH excluding ortho intramolecular Hbond substituents is 2. The molecule has 1 aliphatic rings. The van der Waals surface area contributed by atoms with Crippen molar-refractivity contribution in [3.05, 3.63) is 53.6 Å². The molecular formula is C29H37F5O4S. The fourth-order valence-electron chi connectivity index (χ4n) is 5.08. The maximum Gasteiger partial charge on any atom is 0.453 e. The number of halogens is 5. The van der Waals surface area contributed by atoms with E-state index in [1.807, 2.05) is 18.2 Å². The van der Waals surface area contributed by atoms with E-state index in [9.17, 15) is 36.4 Å². The standard InChI is InChI=1S/C29H37F5O4S/c30-28(31,29(32,33)34)16-8-18-39(37)17-7-5-3-1-2-4-6-9-24-25-15-14-23(36)19-27(25)38-20-26(24)21-10-12-22(35)13-11-21/h10-15,19,24,26,35-36H,1-9,16-18,20H2/t24-,26-,39?/m1/s1. The molecule has 0 fully saturated rings. The Labute approximate surface area is 229 Å². The summed E-state index contributed by atoms with van der Waals surface area (Å²) in [5, 5.41) is 19.5. The van der Waals surface area contributed by atoms with Crippen LogP contribution in [0.1, 0.15) is 87.2 Å². The van der Waals surface area contributed by atoms with Gasteiger partial charge in [-0.25, -0.2) is 0 Å². The first kappa shape index (κ1) is 31.2. The lowest BCUT2D eigenvalue weighted by molar-refractivity contribution is -0.284. The van der Waals surface area contributed by atoms with E-state index in [1.54, 1.807) is 24.3 Å². The summed E-state index contributed by atoms with van der Waals surface area (Å²) in [6.45, 7) is 0.498. The molecule has 0 saturated heterocycles. The van der Waals surface area contributed by atoms with Crippen LogP contribution in [0.25, 0.3) is 0 Å². The van der Waals surface area contributed by atoms with Crippen LogP contribution in [0.2, 0.25) is 0 Å². The molecule has 2 N–H and O–H groups in total. The van der Waals surface area contributed by atoms with Gasteiger partial charge in [-0.3, -0.25) is 4.21 Å². The molecule has 1 unspecified atom stereocenters. The Morgan fingerprint density at radius 3 is 2.05 bits per heavy atom. The van der Waals surface area contributed by atoms with Gasteiger partial charge in [0.2, 0.25) is 0 Å². The summed E-state index contributed by atoms with van der Waals surface area (Å²) in [6, 6.07) is 12.5. The molecule has 0 amide bonds. The Morgan fingerprint density at radius 2 is 1.38 bits per heavy atom. The topological polar surface area (TPSA) is 66.8 Å². The Kier molecular flexibility index (Phi) is 11.4. The van der Waals surface area contributed by atoms with Crippen LogP contribution in [0, 0.1) is 0 Å². The van der Waals surface area contributed by atoms with Gasteiger partial charge in [0.25, 0.3) is 0 Å². The molecular weight excluding hydrogens is 539 g/mol. The first-order chi connectivity index (χ1) is 18.5. The van der Waals surface area contributed by atoms with Crippen LogP contribution < -0.4 is 4.74 Å². The molecule has 3 atom stereocenters. The van der Waals surface area contributed by atoms with Gasteiger partial charge in [0.1, 0.15) is 17.2 Å². The van der Waals surface area contributed by atoms with Crippen LogP contribution in [0.5, 0.6) is 17.2 Å². The summed E-state index contributed by atoms with van der Waals surface area (Å²) in [6.07, 6.45) is 0.284. The molecule has 2 aromatic rings. The van der Waals surface area contributed by atoms with E-state index in [4.69, 9.17) is 4.74 Å². The second kappa shape index (κ2) is 14.3. The van der Waals surface area contributed by atoms with Gasteiger partial charge < -0.3 is 14.9 Å². The number of ether oxygens (including phenoxy) is 1. The van der Waals surface area contributed by atoms with Crippen molar-refractivity contribution in [2.24, 2.45) is 0 Å². The van der Waals surface area contributed by atoms with Crippen LogP contribution in [0.15, 0.2) is 42.5 Å². The van der Waals surface area contributed by atoms with Gasteiger partial charge in [-0.2, -0.15) is 22.0 Å². The van der Waals surface area contributed by atoms with E-state index in [0.717, 1.165) is 56.1 Å². The van der Waals surface area contributed by atoms with Crippen molar-refractivity contribution in [2.45, 2.75) is 88.1 Å². The molecule has 0 aromatic heterocycles. The molecule has 1 heterocycles. The summed E-state index contributed by atoms with van der Waals surface area (Å²) in [7, 11) is -1.38. The Bertz CT molecular complexity index is 1060. The smallest absolute Gasteiger partial charge is 0.453 e. The number of phenols is 2. The maximum absolute atomic E-state index is 12.9. The molecule has 2 aromatic carbocycles. The molecule has 1 aliphatic heterocycles. The monoisotopic (exact) mass is 576 g/mol. The predicted molar refractivity (Wildman–Crippen MR) is 142 cm³/mol. The first-order valence-corrected chi connectivity index (χ1v) is 15.0. The van der Waals surface area contributed by atoms with Gasteiger partial charge in [-0.15, -0.1) is 0 Å². The van der Waals surface area contributed by atoms with Gasteiger partial charge in [0.05, 0.1) is 6.61 Å². The van der Waals surface area contributed by atoms with Crippen molar-refractivity contribution in [2.75, 3.05) is 18.1 Å². The SMILES string of the molecule is O=S(CCCCCCCCC[C@@H]1c2ccc(O)cc2OC[C@@H]1c1ccc(O)cc1)CCCC(F)(F)C(F)(F)F. The highest BCUT2D eigenvalue weighted by Crippen LogP contribution is 2.46. The van der Waals surface area contributed by atoms with Crippen LogP contribution in [-0.4, -0.2) is 44.6 Å².